The quantitative estimate of drug-likeness (QED) is 0.867. The average molecular weight is 352 g/mol. The van der Waals surface area contributed by atoms with Crippen molar-refractivity contribution >= 4 is 17.6 Å². The van der Waals surface area contributed by atoms with Gasteiger partial charge in [0.25, 0.3) is 5.91 Å². The molecule has 2 aromatic rings. The Morgan fingerprint density at radius 3 is 2.38 bits per heavy atom. The van der Waals surface area contributed by atoms with E-state index in [1.165, 1.54) is 5.56 Å². The minimum absolute atomic E-state index is 0.0913. The Morgan fingerprint density at radius 2 is 1.81 bits per heavy atom. The number of rotatable bonds is 6. The Hall–Kier alpha value is -2.82. The van der Waals surface area contributed by atoms with Crippen LogP contribution in [0.2, 0.25) is 0 Å². The van der Waals surface area contributed by atoms with Gasteiger partial charge in [-0.05, 0) is 43.2 Å². The topological polar surface area (TPSA) is 60.9 Å². The number of carbonyl (C=O) groups is 2. The van der Waals surface area contributed by atoms with Gasteiger partial charge in [-0.15, -0.1) is 0 Å². The highest BCUT2D eigenvalue weighted by Gasteiger charge is 2.31. The molecule has 2 aromatic carbocycles. The summed E-state index contributed by atoms with van der Waals surface area (Å²) in [5, 5.41) is 9.09. The third kappa shape index (κ3) is 4.04. The summed E-state index contributed by atoms with van der Waals surface area (Å²) in [5.74, 6) is -1.36. The molecule has 1 saturated heterocycles. The fraction of sp³-hybridized carbons (Fsp3) is 0.333. The molecule has 0 bridgehead atoms. The summed E-state index contributed by atoms with van der Waals surface area (Å²) >= 11 is 0. The Morgan fingerprint density at radius 1 is 1.12 bits per heavy atom. The largest absolute Gasteiger partial charge is 0.481 e. The maximum Gasteiger partial charge on any atom is 0.308 e. The Balaban J connectivity index is 1.67. The van der Waals surface area contributed by atoms with E-state index in [1.54, 1.807) is 4.90 Å². The molecule has 26 heavy (non-hydrogen) atoms. The Bertz CT molecular complexity index is 759. The van der Waals surface area contributed by atoms with Gasteiger partial charge in [0.2, 0.25) is 0 Å². The highest BCUT2D eigenvalue weighted by Crippen LogP contribution is 2.22. The van der Waals surface area contributed by atoms with E-state index in [1.807, 2.05) is 42.5 Å². The first-order valence-electron chi connectivity index (χ1n) is 8.99. The van der Waals surface area contributed by atoms with Crippen LogP contribution in [0.3, 0.4) is 0 Å². The number of hydrogen-bond donors (Lipinski definition) is 1. The van der Waals surface area contributed by atoms with Gasteiger partial charge in [0.05, 0.1) is 5.92 Å². The summed E-state index contributed by atoms with van der Waals surface area (Å²) in [6.45, 7) is 4.60. The maximum atomic E-state index is 12.6. The lowest BCUT2D eigenvalue weighted by Crippen LogP contribution is -2.30. The summed E-state index contributed by atoms with van der Waals surface area (Å²) in [6.07, 6.45) is 0.528. The zero-order valence-electron chi connectivity index (χ0n) is 15.0. The molecule has 0 aliphatic carbocycles. The molecule has 5 nitrogen and oxygen atoms in total. The van der Waals surface area contributed by atoms with Crippen LogP contribution in [0.25, 0.3) is 0 Å². The van der Waals surface area contributed by atoms with Gasteiger partial charge < -0.3 is 14.9 Å². The van der Waals surface area contributed by atoms with Crippen LogP contribution in [-0.2, 0) is 11.3 Å². The van der Waals surface area contributed by atoms with Crippen LogP contribution in [0.4, 0.5) is 5.69 Å². The number of carbonyl (C=O) groups excluding carboxylic acids is 1. The van der Waals surface area contributed by atoms with Gasteiger partial charge >= 0.3 is 5.97 Å². The fourth-order valence-corrected chi connectivity index (χ4v) is 3.33. The third-order valence-electron chi connectivity index (χ3n) is 4.90. The van der Waals surface area contributed by atoms with Gasteiger partial charge in [0.1, 0.15) is 0 Å². The first-order chi connectivity index (χ1) is 12.6. The monoisotopic (exact) mass is 352 g/mol. The van der Waals surface area contributed by atoms with Crippen molar-refractivity contribution in [1.29, 1.82) is 0 Å². The summed E-state index contributed by atoms with van der Waals surface area (Å²) in [6, 6.07) is 17.9. The van der Waals surface area contributed by atoms with E-state index in [0.717, 1.165) is 18.8 Å². The molecule has 1 heterocycles. The van der Waals surface area contributed by atoms with Gasteiger partial charge in [-0.2, -0.15) is 0 Å². The summed E-state index contributed by atoms with van der Waals surface area (Å²) in [4.78, 5) is 27.5. The molecule has 5 heteroatoms. The highest BCUT2D eigenvalue weighted by molar-refractivity contribution is 5.95. The second-order valence-corrected chi connectivity index (χ2v) is 6.62. The van der Waals surface area contributed by atoms with Crippen LogP contribution in [0, 0.1) is 5.92 Å². The van der Waals surface area contributed by atoms with Crippen molar-refractivity contribution < 1.29 is 14.7 Å². The van der Waals surface area contributed by atoms with Crippen LogP contribution >= 0.6 is 0 Å². The predicted molar refractivity (Wildman–Crippen MR) is 101 cm³/mol. The molecular formula is C21H24N2O3. The minimum atomic E-state index is -0.824. The highest BCUT2D eigenvalue weighted by atomic mass is 16.4. The van der Waals surface area contributed by atoms with Gasteiger partial charge in [-0.3, -0.25) is 9.59 Å². The first kappa shape index (κ1) is 18.0. The van der Waals surface area contributed by atoms with E-state index < -0.39 is 11.9 Å². The summed E-state index contributed by atoms with van der Waals surface area (Å²) in [5.41, 5.74) is 2.92. The predicted octanol–water partition coefficient (Wildman–Crippen LogP) is 3.26. The SMILES string of the molecule is CCN(Cc1ccccc1)c1ccc(C(=O)N2CCC(C(=O)O)C2)cc1. The van der Waals surface area contributed by atoms with Crippen LogP contribution < -0.4 is 4.90 Å². The van der Waals surface area contributed by atoms with E-state index in [0.29, 0.717) is 25.1 Å². The molecule has 136 valence electrons. The maximum absolute atomic E-state index is 12.6. The summed E-state index contributed by atoms with van der Waals surface area (Å²) < 4.78 is 0. The first-order valence-corrected chi connectivity index (χ1v) is 8.99. The lowest BCUT2D eigenvalue weighted by Gasteiger charge is -2.24. The van der Waals surface area contributed by atoms with Crippen molar-refractivity contribution in [3.8, 4) is 0 Å². The molecule has 1 amide bonds. The molecule has 1 aliphatic heterocycles. The number of likely N-dealkylation sites (tertiary alicyclic amines) is 1. The third-order valence-corrected chi connectivity index (χ3v) is 4.90. The molecule has 0 saturated carbocycles. The molecular weight excluding hydrogens is 328 g/mol. The van der Waals surface area contributed by atoms with Gasteiger partial charge in [-0.1, -0.05) is 30.3 Å². The van der Waals surface area contributed by atoms with Crippen molar-refractivity contribution in [1.82, 2.24) is 4.90 Å². The van der Waals surface area contributed by atoms with E-state index in [4.69, 9.17) is 5.11 Å². The van der Waals surface area contributed by atoms with E-state index in [-0.39, 0.29) is 5.91 Å². The lowest BCUT2D eigenvalue weighted by atomic mass is 10.1. The molecule has 1 N–H and O–H groups in total. The number of nitrogens with zero attached hydrogens (tertiary/aromatic N) is 2. The smallest absolute Gasteiger partial charge is 0.308 e. The second kappa shape index (κ2) is 8.04. The normalized spacial score (nSPS) is 16.5. The number of carboxylic acid groups (broad SMARTS) is 1. The number of benzene rings is 2. The van der Waals surface area contributed by atoms with Crippen LogP contribution in [0.15, 0.2) is 54.6 Å². The zero-order valence-corrected chi connectivity index (χ0v) is 15.0. The van der Waals surface area contributed by atoms with Crippen molar-refractivity contribution in [2.24, 2.45) is 5.92 Å². The lowest BCUT2D eigenvalue weighted by molar-refractivity contribution is -0.141. The number of hydrogen-bond acceptors (Lipinski definition) is 3. The molecule has 0 aromatic heterocycles. The Kier molecular flexibility index (Phi) is 5.56. The van der Waals surface area contributed by atoms with Gasteiger partial charge in [0, 0.05) is 37.4 Å². The van der Waals surface area contributed by atoms with Crippen LogP contribution in [0.1, 0.15) is 29.3 Å². The minimum Gasteiger partial charge on any atom is -0.481 e. The molecule has 0 radical (unpaired) electrons. The van der Waals surface area contributed by atoms with E-state index >= 15 is 0 Å². The second-order valence-electron chi connectivity index (χ2n) is 6.62. The van der Waals surface area contributed by atoms with E-state index in [9.17, 15) is 9.59 Å². The molecule has 3 rings (SSSR count). The van der Waals surface area contributed by atoms with Crippen molar-refractivity contribution in [3.05, 3.63) is 65.7 Å². The zero-order chi connectivity index (χ0) is 18.5. The average Bonchev–Trinajstić information content (AvgIpc) is 3.17. The van der Waals surface area contributed by atoms with Gasteiger partial charge in [-0.25, -0.2) is 0 Å². The van der Waals surface area contributed by atoms with Crippen molar-refractivity contribution in [2.45, 2.75) is 19.9 Å². The molecule has 0 spiro atoms. The molecule has 1 atom stereocenters. The fourth-order valence-electron chi connectivity index (χ4n) is 3.33. The standard InChI is InChI=1S/C21H24N2O3/c1-2-22(14-16-6-4-3-5-7-16)19-10-8-17(9-11-19)20(24)23-13-12-18(15-23)21(25)26/h3-11,18H,2,12-15H2,1H3,(H,25,26). The van der Waals surface area contributed by atoms with Crippen molar-refractivity contribution in [3.63, 3.8) is 0 Å². The van der Waals surface area contributed by atoms with Gasteiger partial charge in [0.15, 0.2) is 0 Å². The van der Waals surface area contributed by atoms with Crippen LogP contribution in [0.5, 0.6) is 0 Å². The Labute approximate surface area is 153 Å². The number of amides is 1. The van der Waals surface area contributed by atoms with Crippen LogP contribution in [-0.4, -0.2) is 41.5 Å². The number of carboxylic acids is 1. The van der Waals surface area contributed by atoms with E-state index in [2.05, 4.69) is 24.0 Å². The number of aliphatic carboxylic acids is 1. The molecule has 1 aliphatic rings. The summed E-state index contributed by atoms with van der Waals surface area (Å²) in [7, 11) is 0. The molecule has 1 fully saturated rings. The molecule has 1 unspecified atom stereocenters. The van der Waals surface area contributed by atoms with Crippen molar-refractivity contribution in [2.75, 3.05) is 24.5 Å². The number of anilines is 1.